The Balaban J connectivity index is 0.00000280. The van der Waals surface area contributed by atoms with E-state index in [-0.39, 0.29) is 24.2 Å². The molecule has 0 bridgehead atoms. The van der Waals surface area contributed by atoms with Gasteiger partial charge >= 0.3 is 0 Å². The van der Waals surface area contributed by atoms with Crippen molar-refractivity contribution in [2.45, 2.75) is 32.1 Å². The minimum atomic E-state index is 0. The molecule has 6 nitrogen and oxygen atoms in total. The number of rotatable bonds is 7. The third-order valence-electron chi connectivity index (χ3n) is 5.12. The normalized spacial score (nSPS) is 14.8. The fourth-order valence-corrected chi connectivity index (χ4v) is 4.67. The Morgan fingerprint density at radius 1 is 1.11 bits per heavy atom. The molecule has 1 aromatic carbocycles. The van der Waals surface area contributed by atoms with Crippen LogP contribution >= 0.6 is 23.7 Å². The van der Waals surface area contributed by atoms with E-state index in [1.165, 1.54) is 17.8 Å². The Labute approximate surface area is 177 Å². The summed E-state index contributed by atoms with van der Waals surface area (Å²) in [7, 11) is 7.33. The highest BCUT2D eigenvalue weighted by Crippen LogP contribution is 2.40. The molecule has 8 heteroatoms. The van der Waals surface area contributed by atoms with Crippen LogP contribution in [0, 0.1) is 5.92 Å². The van der Waals surface area contributed by atoms with Crippen LogP contribution in [0.1, 0.15) is 32.1 Å². The van der Waals surface area contributed by atoms with Gasteiger partial charge in [-0.15, -0.1) is 12.4 Å². The second-order valence-corrected chi connectivity index (χ2v) is 8.25. The molecule has 2 aromatic rings. The van der Waals surface area contributed by atoms with Gasteiger partial charge in [0.25, 0.3) is 0 Å². The molecule has 1 aliphatic carbocycles. The van der Waals surface area contributed by atoms with Gasteiger partial charge in [0, 0.05) is 19.0 Å². The van der Waals surface area contributed by atoms with Crippen LogP contribution < -0.4 is 14.4 Å². The maximum absolute atomic E-state index is 13.3. The van der Waals surface area contributed by atoms with Gasteiger partial charge < -0.3 is 14.4 Å². The summed E-state index contributed by atoms with van der Waals surface area (Å²) >= 11 is 1.50. The lowest BCUT2D eigenvalue weighted by atomic mass is 9.88. The summed E-state index contributed by atoms with van der Waals surface area (Å²) in [6.07, 6.45) is 5.47. The second-order valence-electron chi connectivity index (χ2n) is 7.27. The molecule has 0 unspecified atom stereocenters. The standard InChI is InChI=1S/C20H29N3O3S.ClH/c1-22(2)12-13-23(19(24)14-8-6-5-7-9-14)20-21-17-15(25-3)10-11-16(26-4)18(17)27-20;/h10-11,14H,5-9,12-13H2,1-4H3;1H. The summed E-state index contributed by atoms with van der Waals surface area (Å²) in [6, 6.07) is 3.74. The summed E-state index contributed by atoms with van der Waals surface area (Å²) in [6.45, 7) is 1.43. The van der Waals surface area contributed by atoms with Crippen LogP contribution in [-0.2, 0) is 4.79 Å². The zero-order valence-corrected chi connectivity index (χ0v) is 18.7. The third kappa shape index (κ3) is 4.88. The van der Waals surface area contributed by atoms with Crippen molar-refractivity contribution in [1.82, 2.24) is 9.88 Å². The lowest BCUT2D eigenvalue weighted by Gasteiger charge is -2.28. The molecule has 1 heterocycles. The Kier molecular flexibility index (Phi) is 8.34. The Morgan fingerprint density at radius 2 is 1.75 bits per heavy atom. The van der Waals surface area contributed by atoms with Crippen molar-refractivity contribution in [3.8, 4) is 11.5 Å². The molecule has 0 N–H and O–H groups in total. The summed E-state index contributed by atoms with van der Waals surface area (Å²) < 4.78 is 11.9. The highest BCUT2D eigenvalue weighted by atomic mass is 35.5. The highest BCUT2D eigenvalue weighted by molar-refractivity contribution is 7.22. The van der Waals surface area contributed by atoms with E-state index in [1.54, 1.807) is 14.2 Å². The smallest absolute Gasteiger partial charge is 0.231 e. The van der Waals surface area contributed by atoms with Crippen LogP contribution in [0.5, 0.6) is 11.5 Å². The lowest BCUT2D eigenvalue weighted by Crippen LogP contribution is -2.41. The number of likely N-dealkylation sites (N-methyl/N-ethyl adjacent to an activating group) is 1. The molecule has 0 spiro atoms. The van der Waals surface area contributed by atoms with Crippen LogP contribution in [0.25, 0.3) is 10.2 Å². The molecule has 1 saturated carbocycles. The number of carbonyl (C=O) groups is 1. The Bertz CT molecular complexity index is 749. The summed E-state index contributed by atoms with van der Waals surface area (Å²) in [5.41, 5.74) is 0.753. The molecular weight excluding hydrogens is 398 g/mol. The zero-order chi connectivity index (χ0) is 19.4. The van der Waals surface area contributed by atoms with Gasteiger partial charge in [0.15, 0.2) is 5.13 Å². The molecule has 156 valence electrons. The zero-order valence-electron chi connectivity index (χ0n) is 17.1. The van der Waals surface area contributed by atoms with Gasteiger partial charge in [-0.25, -0.2) is 4.98 Å². The van der Waals surface area contributed by atoms with Crippen LogP contribution in [0.2, 0.25) is 0 Å². The average Bonchev–Trinajstić information content (AvgIpc) is 3.12. The van der Waals surface area contributed by atoms with Gasteiger partial charge in [0.1, 0.15) is 21.7 Å². The number of thiazole rings is 1. The lowest BCUT2D eigenvalue weighted by molar-refractivity contribution is -0.123. The van der Waals surface area contributed by atoms with Crippen molar-refractivity contribution < 1.29 is 14.3 Å². The monoisotopic (exact) mass is 427 g/mol. The van der Waals surface area contributed by atoms with Gasteiger partial charge in [0.05, 0.1) is 14.2 Å². The maximum atomic E-state index is 13.3. The van der Waals surface area contributed by atoms with E-state index in [4.69, 9.17) is 14.5 Å². The number of amides is 1. The molecule has 0 saturated heterocycles. The van der Waals surface area contributed by atoms with E-state index in [2.05, 4.69) is 4.90 Å². The topological polar surface area (TPSA) is 54.9 Å². The first-order valence-corrected chi connectivity index (χ1v) is 10.3. The Morgan fingerprint density at radius 3 is 2.36 bits per heavy atom. The molecule has 0 aliphatic heterocycles. The van der Waals surface area contributed by atoms with Crippen LogP contribution in [0.15, 0.2) is 12.1 Å². The summed E-state index contributed by atoms with van der Waals surface area (Å²) in [5.74, 6) is 1.77. The predicted molar refractivity (Wildman–Crippen MR) is 117 cm³/mol. The third-order valence-corrected chi connectivity index (χ3v) is 6.21. The van der Waals surface area contributed by atoms with Crippen molar-refractivity contribution in [3.05, 3.63) is 12.1 Å². The summed E-state index contributed by atoms with van der Waals surface area (Å²) in [5, 5.41) is 0.727. The van der Waals surface area contributed by atoms with Gasteiger partial charge in [-0.2, -0.15) is 0 Å². The second kappa shape index (κ2) is 10.3. The fraction of sp³-hybridized carbons (Fsp3) is 0.600. The van der Waals surface area contributed by atoms with Gasteiger partial charge in [0.2, 0.25) is 5.91 Å². The number of carbonyl (C=O) groups excluding carboxylic acids is 1. The molecule has 1 aliphatic rings. The van der Waals surface area contributed by atoms with Crippen molar-refractivity contribution >= 4 is 45.0 Å². The quantitative estimate of drug-likeness (QED) is 0.662. The molecule has 1 fully saturated rings. The number of halogens is 1. The SMILES string of the molecule is COc1ccc(OC)c2sc(N(CCN(C)C)C(=O)C3CCCCC3)nc12.Cl. The van der Waals surface area contributed by atoms with E-state index < -0.39 is 0 Å². The number of fused-ring (bicyclic) bond motifs is 1. The maximum Gasteiger partial charge on any atom is 0.231 e. The van der Waals surface area contributed by atoms with Gasteiger partial charge in [-0.05, 0) is 39.1 Å². The molecule has 3 rings (SSSR count). The fourth-order valence-electron chi connectivity index (χ4n) is 3.56. The first kappa shape index (κ1) is 22.7. The summed E-state index contributed by atoms with van der Waals surface area (Å²) in [4.78, 5) is 22.1. The van der Waals surface area contributed by atoms with Crippen LogP contribution in [0.3, 0.4) is 0 Å². The predicted octanol–water partition coefficient (Wildman–Crippen LogP) is 4.21. The first-order valence-electron chi connectivity index (χ1n) is 9.52. The molecule has 1 amide bonds. The highest BCUT2D eigenvalue weighted by Gasteiger charge is 2.29. The van der Waals surface area contributed by atoms with Crippen molar-refractivity contribution in [1.29, 1.82) is 0 Å². The molecule has 1 aromatic heterocycles. The Hall–Kier alpha value is -1.57. The number of benzene rings is 1. The van der Waals surface area contributed by atoms with Crippen LogP contribution in [-0.4, -0.2) is 57.2 Å². The molecular formula is C20H30ClN3O3S. The largest absolute Gasteiger partial charge is 0.495 e. The van der Waals surface area contributed by atoms with E-state index in [9.17, 15) is 4.79 Å². The van der Waals surface area contributed by atoms with Crippen molar-refractivity contribution in [2.75, 3.05) is 46.3 Å². The van der Waals surface area contributed by atoms with Crippen LogP contribution in [0.4, 0.5) is 5.13 Å². The number of anilines is 1. The van der Waals surface area contributed by atoms with Gasteiger partial charge in [-0.1, -0.05) is 30.6 Å². The number of aromatic nitrogens is 1. The number of methoxy groups -OCH3 is 2. The van der Waals surface area contributed by atoms with Crippen molar-refractivity contribution in [3.63, 3.8) is 0 Å². The van der Waals surface area contributed by atoms with E-state index in [0.717, 1.165) is 53.3 Å². The number of hydrogen-bond acceptors (Lipinski definition) is 6. The van der Waals surface area contributed by atoms with E-state index >= 15 is 0 Å². The molecule has 28 heavy (non-hydrogen) atoms. The molecule has 0 atom stereocenters. The number of hydrogen-bond donors (Lipinski definition) is 0. The first-order chi connectivity index (χ1) is 13.0. The minimum absolute atomic E-state index is 0. The van der Waals surface area contributed by atoms with E-state index in [0.29, 0.717) is 12.3 Å². The number of ether oxygens (including phenoxy) is 2. The molecule has 0 radical (unpaired) electrons. The van der Waals surface area contributed by atoms with Gasteiger partial charge in [-0.3, -0.25) is 9.69 Å². The minimum Gasteiger partial charge on any atom is -0.495 e. The number of nitrogens with zero attached hydrogens (tertiary/aromatic N) is 3. The van der Waals surface area contributed by atoms with Crippen molar-refractivity contribution in [2.24, 2.45) is 5.92 Å². The van der Waals surface area contributed by atoms with E-state index in [1.807, 2.05) is 31.1 Å². The average molecular weight is 428 g/mol.